The number of hydrogen-bond donors (Lipinski definition) is 2. The third kappa shape index (κ3) is 5.82. The van der Waals surface area contributed by atoms with Crippen molar-refractivity contribution in [2.45, 2.75) is 52.0 Å². The number of carboxylic acids is 1. The molecule has 0 aliphatic heterocycles. The van der Waals surface area contributed by atoms with Crippen LogP contribution >= 0.6 is 11.6 Å². The molecule has 1 saturated carbocycles. The molecule has 0 saturated heterocycles. The van der Waals surface area contributed by atoms with Crippen LogP contribution in [0.2, 0.25) is 5.02 Å². The first-order valence-corrected chi connectivity index (χ1v) is 11.7. The van der Waals surface area contributed by atoms with Crippen LogP contribution in [0.25, 0.3) is 5.57 Å². The van der Waals surface area contributed by atoms with Gasteiger partial charge >= 0.3 is 5.97 Å². The standard InChI is InChI=1S/C26H28ClN3O3/c1-16(2)13-22(24-10-9-21(17-3-4-17)26(33)28-24)19-6-5-18(23(27)14-19)7-8-20-11-12-30(29-20)15-25(31)32/h5-6,9-14,16-17H,3-4,7-8,15H2,1-2H3,(H,28,33)(H,31,32)/b22-13+. The number of carbonyl (C=O) groups is 1. The molecule has 6 nitrogen and oxygen atoms in total. The molecule has 3 aromatic rings. The molecular formula is C26H28ClN3O3. The number of aromatic amines is 1. The SMILES string of the molecule is CC(C)/C=C(\c1ccc(CCc2ccn(CC(=O)O)n2)c(Cl)c1)c1ccc(C2CC2)c(=O)[nH]1. The maximum Gasteiger partial charge on any atom is 0.325 e. The molecule has 0 spiro atoms. The Morgan fingerprint density at radius 2 is 2.03 bits per heavy atom. The predicted octanol–water partition coefficient (Wildman–Crippen LogP) is 5.06. The van der Waals surface area contributed by atoms with E-state index in [0.29, 0.717) is 29.7 Å². The lowest BCUT2D eigenvalue weighted by molar-refractivity contribution is -0.137. The molecule has 0 radical (unpaired) electrons. The topological polar surface area (TPSA) is 88.0 Å². The largest absolute Gasteiger partial charge is 0.480 e. The molecule has 33 heavy (non-hydrogen) atoms. The molecule has 0 unspecified atom stereocenters. The average molecular weight is 466 g/mol. The molecule has 1 aliphatic carbocycles. The molecule has 1 aromatic carbocycles. The van der Waals surface area contributed by atoms with E-state index in [-0.39, 0.29) is 12.1 Å². The highest BCUT2D eigenvalue weighted by atomic mass is 35.5. The quantitative estimate of drug-likeness (QED) is 0.462. The molecule has 2 heterocycles. The van der Waals surface area contributed by atoms with E-state index in [1.165, 1.54) is 4.68 Å². The summed E-state index contributed by atoms with van der Waals surface area (Å²) in [7, 11) is 0. The van der Waals surface area contributed by atoms with Crippen LogP contribution in [0.15, 0.2) is 53.5 Å². The number of aryl methyl sites for hydroxylation is 2. The first-order valence-electron chi connectivity index (χ1n) is 11.3. The molecule has 0 bridgehead atoms. The summed E-state index contributed by atoms with van der Waals surface area (Å²) in [5.41, 5.74) is 5.41. The minimum Gasteiger partial charge on any atom is -0.480 e. The summed E-state index contributed by atoms with van der Waals surface area (Å²) < 4.78 is 1.42. The summed E-state index contributed by atoms with van der Waals surface area (Å²) >= 11 is 6.64. The minimum atomic E-state index is -0.919. The lowest BCUT2D eigenvalue weighted by Gasteiger charge is -2.13. The number of H-pyrrole nitrogens is 1. The van der Waals surface area contributed by atoms with Crippen molar-refractivity contribution in [3.63, 3.8) is 0 Å². The highest BCUT2D eigenvalue weighted by molar-refractivity contribution is 6.31. The predicted molar refractivity (Wildman–Crippen MR) is 130 cm³/mol. The molecule has 0 amide bonds. The maximum absolute atomic E-state index is 12.6. The van der Waals surface area contributed by atoms with Gasteiger partial charge in [0.05, 0.1) is 5.69 Å². The number of halogens is 1. The number of rotatable bonds is 9. The van der Waals surface area contributed by atoms with E-state index < -0.39 is 5.97 Å². The highest BCUT2D eigenvalue weighted by Crippen LogP contribution is 2.38. The number of carboxylic acid groups (broad SMARTS) is 1. The van der Waals surface area contributed by atoms with Crippen molar-refractivity contribution in [2.24, 2.45) is 5.92 Å². The average Bonchev–Trinajstić information content (AvgIpc) is 3.50. The summed E-state index contributed by atoms with van der Waals surface area (Å²) in [5.74, 6) is -0.215. The van der Waals surface area contributed by atoms with Crippen molar-refractivity contribution in [1.29, 1.82) is 0 Å². The first kappa shape index (κ1) is 23.1. The molecular weight excluding hydrogens is 438 g/mol. The van der Waals surface area contributed by atoms with Gasteiger partial charge in [-0.1, -0.05) is 49.7 Å². The van der Waals surface area contributed by atoms with Crippen LogP contribution in [0.4, 0.5) is 0 Å². The van der Waals surface area contributed by atoms with Gasteiger partial charge in [0.25, 0.3) is 5.56 Å². The van der Waals surface area contributed by atoms with Crippen LogP contribution in [-0.4, -0.2) is 25.8 Å². The van der Waals surface area contributed by atoms with E-state index in [0.717, 1.165) is 46.5 Å². The van der Waals surface area contributed by atoms with Gasteiger partial charge in [-0.05, 0) is 66.8 Å². The van der Waals surface area contributed by atoms with Gasteiger partial charge < -0.3 is 10.1 Å². The van der Waals surface area contributed by atoms with Gasteiger partial charge in [-0.15, -0.1) is 0 Å². The first-order chi connectivity index (χ1) is 15.8. The summed E-state index contributed by atoms with van der Waals surface area (Å²) in [5, 5.41) is 13.8. The number of nitrogens with one attached hydrogen (secondary N) is 1. The fourth-order valence-electron chi connectivity index (χ4n) is 3.98. The van der Waals surface area contributed by atoms with Crippen LogP contribution < -0.4 is 5.56 Å². The normalized spacial score (nSPS) is 14.1. The van der Waals surface area contributed by atoms with Crippen molar-refractivity contribution >= 4 is 23.1 Å². The van der Waals surface area contributed by atoms with Gasteiger partial charge in [-0.25, -0.2) is 0 Å². The lowest BCUT2D eigenvalue weighted by Crippen LogP contribution is -2.13. The van der Waals surface area contributed by atoms with Gasteiger partial charge in [0, 0.05) is 28.0 Å². The molecule has 1 aliphatic rings. The fraction of sp³-hybridized carbons (Fsp3) is 0.346. The Labute approximate surface area is 197 Å². The second-order valence-corrected chi connectivity index (χ2v) is 9.37. The Morgan fingerprint density at radius 1 is 1.24 bits per heavy atom. The Kier molecular flexibility index (Phi) is 6.84. The van der Waals surface area contributed by atoms with E-state index in [9.17, 15) is 9.59 Å². The molecule has 2 aromatic heterocycles. The van der Waals surface area contributed by atoms with Gasteiger partial charge in [-0.2, -0.15) is 5.10 Å². The van der Waals surface area contributed by atoms with E-state index in [1.54, 1.807) is 6.20 Å². The Morgan fingerprint density at radius 3 is 2.67 bits per heavy atom. The molecule has 0 atom stereocenters. The molecule has 7 heteroatoms. The van der Waals surface area contributed by atoms with Gasteiger partial charge in [0.2, 0.25) is 0 Å². The third-order valence-corrected chi connectivity index (χ3v) is 6.11. The minimum absolute atomic E-state index is 0.00490. The maximum atomic E-state index is 12.6. The molecule has 2 N–H and O–H groups in total. The number of benzene rings is 1. The number of nitrogens with zero attached hydrogens (tertiary/aromatic N) is 2. The van der Waals surface area contributed by atoms with E-state index in [4.69, 9.17) is 16.7 Å². The van der Waals surface area contributed by atoms with Gasteiger partial charge in [-0.3, -0.25) is 14.3 Å². The van der Waals surface area contributed by atoms with Crippen molar-refractivity contribution in [3.05, 3.63) is 92.1 Å². The third-order valence-electron chi connectivity index (χ3n) is 5.75. The van der Waals surface area contributed by atoms with Crippen LogP contribution in [0.3, 0.4) is 0 Å². The molecule has 1 fully saturated rings. The summed E-state index contributed by atoms with van der Waals surface area (Å²) in [6, 6.07) is 11.8. The zero-order valence-corrected chi connectivity index (χ0v) is 19.6. The molecule has 4 rings (SSSR count). The summed E-state index contributed by atoms with van der Waals surface area (Å²) in [6.07, 6.45) is 7.35. The summed E-state index contributed by atoms with van der Waals surface area (Å²) in [4.78, 5) is 26.5. The number of allylic oxidation sites excluding steroid dienone is 1. The van der Waals surface area contributed by atoms with Crippen LogP contribution in [0.5, 0.6) is 0 Å². The Bertz CT molecular complexity index is 1250. The van der Waals surface area contributed by atoms with Crippen LogP contribution in [0, 0.1) is 5.92 Å². The monoisotopic (exact) mass is 465 g/mol. The van der Waals surface area contributed by atoms with E-state index in [1.807, 2.05) is 36.4 Å². The smallest absolute Gasteiger partial charge is 0.325 e. The van der Waals surface area contributed by atoms with Crippen molar-refractivity contribution in [1.82, 2.24) is 14.8 Å². The Balaban J connectivity index is 1.54. The fourth-order valence-corrected chi connectivity index (χ4v) is 4.25. The van der Waals surface area contributed by atoms with Gasteiger partial charge in [0.1, 0.15) is 6.54 Å². The van der Waals surface area contributed by atoms with Crippen LogP contribution in [0.1, 0.15) is 60.7 Å². The number of hydrogen-bond acceptors (Lipinski definition) is 3. The van der Waals surface area contributed by atoms with Crippen molar-refractivity contribution in [3.8, 4) is 0 Å². The zero-order chi connectivity index (χ0) is 23.5. The second kappa shape index (κ2) is 9.79. The molecule has 172 valence electrons. The van der Waals surface area contributed by atoms with Gasteiger partial charge in [0.15, 0.2) is 0 Å². The van der Waals surface area contributed by atoms with E-state index >= 15 is 0 Å². The number of aromatic nitrogens is 3. The van der Waals surface area contributed by atoms with Crippen molar-refractivity contribution < 1.29 is 9.90 Å². The summed E-state index contributed by atoms with van der Waals surface area (Å²) in [6.45, 7) is 4.07. The number of pyridine rings is 1. The second-order valence-electron chi connectivity index (χ2n) is 8.96. The lowest BCUT2D eigenvalue weighted by atomic mass is 9.96. The highest BCUT2D eigenvalue weighted by Gasteiger charge is 2.26. The number of aliphatic carboxylic acids is 1. The van der Waals surface area contributed by atoms with E-state index in [2.05, 4.69) is 30.0 Å². The Hall–Kier alpha value is -3.12. The zero-order valence-electron chi connectivity index (χ0n) is 18.8. The van der Waals surface area contributed by atoms with Crippen molar-refractivity contribution in [2.75, 3.05) is 0 Å². The van der Waals surface area contributed by atoms with Crippen LogP contribution in [-0.2, 0) is 24.2 Å².